The van der Waals surface area contributed by atoms with Crippen LogP contribution in [0.2, 0.25) is 0 Å². The number of fused-ring (bicyclic) bond motifs is 1. The number of nitrogens with one attached hydrogen (secondary N) is 1. The summed E-state index contributed by atoms with van der Waals surface area (Å²) in [6, 6.07) is 3.97. The molecule has 0 aliphatic heterocycles. The molecule has 0 aromatic carbocycles. The molecule has 0 radical (unpaired) electrons. The fraction of sp³-hybridized carbons (Fsp3) is 0.429. The minimum atomic E-state index is -0.0442. The highest BCUT2D eigenvalue weighted by molar-refractivity contribution is 5.94. The summed E-state index contributed by atoms with van der Waals surface area (Å²) in [4.78, 5) is 16.6. The lowest BCUT2D eigenvalue weighted by atomic mass is 10.3. The fourth-order valence-electron chi connectivity index (χ4n) is 2.00. The van der Waals surface area contributed by atoms with Gasteiger partial charge in [0.1, 0.15) is 11.3 Å². The van der Waals surface area contributed by atoms with Crippen LogP contribution in [0, 0.1) is 13.8 Å². The molecule has 1 amide bonds. The molecule has 4 nitrogen and oxygen atoms in total. The number of amides is 1. The Hall–Kier alpha value is -1.84. The van der Waals surface area contributed by atoms with E-state index in [-0.39, 0.29) is 5.91 Å². The van der Waals surface area contributed by atoms with Crippen LogP contribution in [0.1, 0.15) is 41.5 Å². The van der Waals surface area contributed by atoms with Gasteiger partial charge in [-0.3, -0.25) is 9.20 Å². The van der Waals surface area contributed by atoms with E-state index < -0.39 is 0 Å². The molecular formula is C14H19N3O. The molecule has 1 N–H and O–H groups in total. The molecule has 2 rings (SSSR count). The van der Waals surface area contributed by atoms with E-state index in [1.54, 1.807) is 0 Å². The largest absolute Gasteiger partial charge is 0.351 e. The molecule has 0 spiro atoms. The Morgan fingerprint density at radius 1 is 1.44 bits per heavy atom. The third-order valence-corrected chi connectivity index (χ3v) is 2.99. The monoisotopic (exact) mass is 245 g/mol. The van der Waals surface area contributed by atoms with Crippen molar-refractivity contribution in [3.8, 4) is 0 Å². The number of carbonyl (C=O) groups excluding carboxylic acids is 1. The fourth-order valence-corrected chi connectivity index (χ4v) is 2.00. The molecule has 96 valence electrons. The summed E-state index contributed by atoms with van der Waals surface area (Å²) in [5, 5.41) is 2.93. The summed E-state index contributed by atoms with van der Waals surface area (Å²) in [5.74, 6) is -0.0442. The average Bonchev–Trinajstić information content (AvgIpc) is 2.64. The van der Waals surface area contributed by atoms with Gasteiger partial charge in [-0.15, -0.1) is 0 Å². The van der Waals surface area contributed by atoms with Crippen LogP contribution in [0.3, 0.4) is 0 Å². The van der Waals surface area contributed by atoms with E-state index in [1.165, 1.54) is 0 Å². The second kappa shape index (κ2) is 5.21. The Kier molecular flexibility index (Phi) is 3.65. The Morgan fingerprint density at radius 3 is 2.94 bits per heavy atom. The lowest BCUT2D eigenvalue weighted by Gasteiger charge is -2.05. The van der Waals surface area contributed by atoms with Crippen molar-refractivity contribution < 1.29 is 4.79 Å². The Bertz CT molecular complexity index is 572. The summed E-state index contributed by atoms with van der Waals surface area (Å²) in [6.45, 7) is 6.71. The van der Waals surface area contributed by atoms with Gasteiger partial charge in [-0.25, -0.2) is 4.98 Å². The van der Waals surface area contributed by atoms with Crippen LogP contribution >= 0.6 is 0 Å². The maximum absolute atomic E-state index is 12.1. The first-order chi connectivity index (χ1) is 8.63. The van der Waals surface area contributed by atoms with E-state index >= 15 is 0 Å². The van der Waals surface area contributed by atoms with E-state index in [9.17, 15) is 4.79 Å². The first-order valence-corrected chi connectivity index (χ1v) is 6.37. The van der Waals surface area contributed by atoms with Crippen LogP contribution in [0.4, 0.5) is 0 Å². The zero-order valence-corrected chi connectivity index (χ0v) is 11.2. The topological polar surface area (TPSA) is 46.4 Å². The highest BCUT2D eigenvalue weighted by Crippen LogP contribution is 2.13. The van der Waals surface area contributed by atoms with Crippen LogP contribution < -0.4 is 5.32 Å². The van der Waals surface area contributed by atoms with Gasteiger partial charge in [0, 0.05) is 12.7 Å². The van der Waals surface area contributed by atoms with Crippen molar-refractivity contribution in [1.29, 1.82) is 0 Å². The average molecular weight is 245 g/mol. The van der Waals surface area contributed by atoms with Gasteiger partial charge < -0.3 is 5.32 Å². The number of carbonyl (C=O) groups is 1. The van der Waals surface area contributed by atoms with Crippen LogP contribution in [0.25, 0.3) is 5.65 Å². The van der Waals surface area contributed by atoms with Crippen LogP contribution in [-0.4, -0.2) is 21.8 Å². The molecule has 0 bridgehead atoms. The predicted molar refractivity (Wildman–Crippen MR) is 71.9 cm³/mol. The van der Waals surface area contributed by atoms with Crippen molar-refractivity contribution in [3.05, 3.63) is 35.3 Å². The SMILES string of the molecule is CCCCNC(=O)c1c(C)nc2cc(C)ccn12. The third kappa shape index (κ3) is 2.37. The second-order valence-corrected chi connectivity index (χ2v) is 4.59. The van der Waals surface area contributed by atoms with Crippen LogP contribution in [0.5, 0.6) is 0 Å². The number of hydrogen-bond donors (Lipinski definition) is 1. The van der Waals surface area contributed by atoms with Crippen molar-refractivity contribution in [2.75, 3.05) is 6.54 Å². The smallest absolute Gasteiger partial charge is 0.270 e. The number of hydrogen-bond acceptors (Lipinski definition) is 2. The summed E-state index contributed by atoms with van der Waals surface area (Å²) < 4.78 is 1.85. The van der Waals surface area contributed by atoms with Gasteiger partial charge in [-0.1, -0.05) is 13.3 Å². The highest BCUT2D eigenvalue weighted by atomic mass is 16.1. The normalized spacial score (nSPS) is 10.8. The predicted octanol–water partition coefficient (Wildman–Crippen LogP) is 2.48. The number of unbranched alkanes of at least 4 members (excludes halogenated alkanes) is 1. The Morgan fingerprint density at radius 2 is 2.22 bits per heavy atom. The van der Waals surface area contributed by atoms with Crippen LogP contribution in [-0.2, 0) is 0 Å². The van der Waals surface area contributed by atoms with Gasteiger partial charge in [0.25, 0.3) is 5.91 Å². The number of pyridine rings is 1. The first-order valence-electron chi connectivity index (χ1n) is 6.37. The quantitative estimate of drug-likeness (QED) is 0.841. The van der Waals surface area contributed by atoms with Crippen molar-refractivity contribution in [2.45, 2.75) is 33.6 Å². The molecule has 18 heavy (non-hydrogen) atoms. The molecule has 0 aliphatic rings. The zero-order chi connectivity index (χ0) is 13.1. The molecule has 2 aromatic rings. The van der Waals surface area contributed by atoms with Gasteiger partial charge in [-0.2, -0.15) is 0 Å². The summed E-state index contributed by atoms with van der Waals surface area (Å²) in [5.41, 5.74) is 3.38. The lowest BCUT2D eigenvalue weighted by molar-refractivity contribution is 0.0946. The molecule has 0 saturated heterocycles. The van der Waals surface area contributed by atoms with E-state index in [4.69, 9.17) is 0 Å². The molecule has 0 unspecified atom stereocenters. The molecule has 0 fully saturated rings. The molecule has 4 heteroatoms. The van der Waals surface area contributed by atoms with Gasteiger partial charge in [0.15, 0.2) is 0 Å². The molecular weight excluding hydrogens is 226 g/mol. The van der Waals surface area contributed by atoms with Crippen molar-refractivity contribution in [1.82, 2.24) is 14.7 Å². The van der Waals surface area contributed by atoms with E-state index in [0.29, 0.717) is 12.2 Å². The number of imidazole rings is 1. The first kappa shape index (κ1) is 12.6. The minimum absolute atomic E-state index is 0.0442. The molecule has 0 aliphatic carbocycles. The molecule has 0 saturated carbocycles. The number of nitrogens with zero attached hydrogens (tertiary/aromatic N) is 2. The Labute approximate surface area is 107 Å². The van der Waals surface area contributed by atoms with Crippen molar-refractivity contribution in [3.63, 3.8) is 0 Å². The maximum Gasteiger partial charge on any atom is 0.270 e. The number of rotatable bonds is 4. The Balaban J connectivity index is 2.32. The zero-order valence-electron chi connectivity index (χ0n) is 11.2. The lowest BCUT2D eigenvalue weighted by Crippen LogP contribution is -2.26. The summed E-state index contributed by atoms with van der Waals surface area (Å²) in [7, 11) is 0. The van der Waals surface area contributed by atoms with Gasteiger partial charge in [-0.05, 0) is 38.0 Å². The van der Waals surface area contributed by atoms with Gasteiger partial charge in [0.2, 0.25) is 0 Å². The van der Waals surface area contributed by atoms with E-state index in [0.717, 1.165) is 29.7 Å². The molecule has 2 aromatic heterocycles. The highest BCUT2D eigenvalue weighted by Gasteiger charge is 2.15. The standard InChI is InChI=1S/C14H19N3O/c1-4-5-7-15-14(18)13-11(3)16-12-9-10(2)6-8-17(12)13/h6,8-9H,4-5,7H2,1-3H3,(H,15,18). The summed E-state index contributed by atoms with van der Waals surface area (Å²) in [6.07, 6.45) is 3.98. The van der Waals surface area contributed by atoms with E-state index in [1.807, 2.05) is 36.6 Å². The summed E-state index contributed by atoms with van der Waals surface area (Å²) >= 11 is 0. The maximum atomic E-state index is 12.1. The van der Waals surface area contributed by atoms with Crippen molar-refractivity contribution in [2.24, 2.45) is 0 Å². The number of aromatic nitrogens is 2. The molecule has 2 heterocycles. The third-order valence-electron chi connectivity index (χ3n) is 2.99. The minimum Gasteiger partial charge on any atom is -0.351 e. The number of aryl methyl sites for hydroxylation is 2. The van der Waals surface area contributed by atoms with E-state index in [2.05, 4.69) is 17.2 Å². The second-order valence-electron chi connectivity index (χ2n) is 4.59. The van der Waals surface area contributed by atoms with Gasteiger partial charge >= 0.3 is 0 Å². The van der Waals surface area contributed by atoms with Gasteiger partial charge in [0.05, 0.1) is 5.69 Å². The van der Waals surface area contributed by atoms with Crippen LogP contribution in [0.15, 0.2) is 18.3 Å². The molecule has 0 atom stereocenters. The van der Waals surface area contributed by atoms with Crippen molar-refractivity contribution >= 4 is 11.6 Å².